The van der Waals surface area contributed by atoms with E-state index in [1.165, 1.54) is 0 Å². The quantitative estimate of drug-likeness (QED) is 0.441. The van der Waals surface area contributed by atoms with E-state index in [1.54, 1.807) is 11.3 Å². The van der Waals surface area contributed by atoms with Crippen LogP contribution in [-0.4, -0.2) is 47.7 Å². The van der Waals surface area contributed by atoms with Gasteiger partial charge in [0, 0.05) is 37.5 Å². The van der Waals surface area contributed by atoms with Crippen LogP contribution in [0.4, 0.5) is 10.8 Å². The van der Waals surface area contributed by atoms with Crippen LogP contribution < -0.4 is 10.3 Å². The Morgan fingerprint density at radius 3 is 2.60 bits per heavy atom. The highest BCUT2D eigenvalue weighted by molar-refractivity contribution is 7.22. The van der Waals surface area contributed by atoms with E-state index in [4.69, 9.17) is 16.6 Å². The number of carbonyl (C=O) groups is 1. The average molecular weight is 442 g/mol. The van der Waals surface area contributed by atoms with Gasteiger partial charge in [0.1, 0.15) is 5.52 Å². The Labute approximate surface area is 185 Å². The zero-order valence-corrected chi connectivity index (χ0v) is 18.6. The normalized spacial score (nSPS) is 15.0. The number of benzene rings is 2. The molecule has 0 atom stereocenters. The lowest BCUT2D eigenvalue weighted by Gasteiger charge is -2.36. The first kappa shape index (κ1) is 20.6. The van der Waals surface area contributed by atoms with Gasteiger partial charge in [0.2, 0.25) is 5.13 Å². The molecule has 6 nitrogen and oxygen atoms in total. The molecule has 1 saturated heterocycles. The first-order chi connectivity index (χ1) is 14.6. The summed E-state index contributed by atoms with van der Waals surface area (Å²) in [7, 11) is 0. The van der Waals surface area contributed by atoms with Crippen molar-refractivity contribution in [1.29, 1.82) is 0 Å². The summed E-state index contributed by atoms with van der Waals surface area (Å²) >= 11 is 8.15. The molecule has 0 spiro atoms. The van der Waals surface area contributed by atoms with Crippen molar-refractivity contribution in [3.63, 3.8) is 0 Å². The van der Waals surface area contributed by atoms with Crippen LogP contribution in [0.25, 0.3) is 10.2 Å². The average Bonchev–Trinajstić information content (AvgIpc) is 3.20. The highest BCUT2D eigenvalue weighted by Crippen LogP contribution is 2.38. The summed E-state index contributed by atoms with van der Waals surface area (Å²) in [5.74, 6) is 0.0730. The minimum Gasteiger partial charge on any atom is -0.365 e. The molecule has 30 heavy (non-hydrogen) atoms. The van der Waals surface area contributed by atoms with Crippen molar-refractivity contribution in [3.05, 3.63) is 53.1 Å². The second kappa shape index (κ2) is 9.02. The van der Waals surface area contributed by atoms with Crippen LogP contribution in [0, 0.1) is 0 Å². The first-order valence-electron chi connectivity index (χ1n) is 10.0. The molecule has 0 bridgehead atoms. The highest BCUT2D eigenvalue weighted by atomic mass is 35.5. The molecule has 1 aliphatic heterocycles. The lowest BCUT2D eigenvalue weighted by Crippen LogP contribution is -2.49. The summed E-state index contributed by atoms with van der Waals surface area (Å²) < 4.78 is 1.06. The minimum absolute atomic E-state index is 0.0730. The molecule has 1 amide bonds. The lowest BCUT2D eigenvalue weighted by molar-refractivity contribution is 0.0747. The molecule has 2 aromatic carbocycles. The number of piperazine rings is 1. The second-order valence-corrected chi connectivity index (χ2v) is 8.66. The number of aromatic nitrogens is 1. The fourth-order valence-electron chi connectivity index (χ4n) is 3.42. The number of hydrogen-bond acceptors (Lipinski definition) is 6. The van der Waals surface area contributed by atoms with E-state index in [0.29, 0.717) is 31.2 Å². The zero-order chi connectivity index (χ0) is 21.1. The van der Waals surface area contributed by atoms with E-state index in [9.17, 15) is 4.79 Å². The number of carbonyl (C=O) groups excluding carboxylic acids is 1. The van der Waals surface area contributed by atoms with E-state index in [0.717, 1.165) is 38.7 Å². The molecule has 4 rings (SSSR count). The maximum Gasteiger partial charge on any atom is 0.253 e. The predicted octanol–water partition coefficient (Wildman–Crippen LogP) is 5.11. The molecule has 0 unspecified atom stereocenters. The number of anilines is 2. The summed E-state index contributed by atoms with van der Waals surface area (Å²) in [6, 6.07) is 13.3. The number of fused-ring (bicyclic) bond motifs is 1. The smallest absolute Gasteiger partial charge is 0.253 e. The molecule has 0 radical (unpaired) electrons. The summed E-state index contributed by atoms with van der Waals surface area (Å²) in [6.45, 7) is 6.78. The lowest BCUT2D eigenvalue weighted by atomic mass is 10.1. The molecule has 1 aromatic heterocycles. The summed E-state index contributed by atoms with van der Waals surface area (Å²) in [4.78, 5) is 21.6. The Hall–Kier alpha value is -2.64. The maximum atomic E-state index is 12.7. The van der Waals surface area contributed by atoms with E-state index >= 15 is 0 Å². The number of halogens is 1. The molecule has 1 N–H and O–H groups in total. The largest absolute Gasteiger partial charge is 0.365 e. The number of thiazole rings is 1. The van der Waals surface area contributed by atoms with Gasteiger partial charge in [-0.25, -0.2) is 4.98 Å². The van der Waals surface area contributed by atoms with Crippen LogP contribution in [0.3, 0.4) is 0 Å². The fraction of sp³-hybridized carbons (Fsp3) is 0.318. The van der Waals surface area contributed by atoms with Crippen molar-refractivity contribution >= 4 is 55.6 Å². The Morgan fingerprint density at radius 2 is 1.90 bits per heavy atom. The third kappa shape index (κ3) is 4.27. The number of nitrogens with one attached hydrogen (secondary N) is 1. The van der Waals surface area contributed by atoms with E-state index in [1.807, 2.05) is 54.3 Å². The van der Waals surface area contributed by atoms with Crippen molar-refractivity contribution in [2.24, 2.45) is 5.10 Å². The molecule has 2 heterocycles. The van der Waals surface area contributed by atoms with Crippen molar-refractivity contribution in [3.8, 4) is 0 Å². The number of nitrogens with zero attached hydrogens (tertiary/aromatic N) is 4. The van der Waals surface area contributed by atoms with Gasteiger partial charge in [-0.05, 0) is 37.6 Å². The summed E-state index contributed by atoms with van der Waals surface area (Å²) in [5, 5.41) is 5.78. The number of amides is 1. The predicted molar refractivity (Wildman–Crippen MR) is 126 cm³/mol. The number of rotatable bonds is 5. The Balaban J connectivity index is 1.53. The van der Waals surface area contributed by atoms with Crippen LogP contribution in [0.2, 0.25) is 5.02 Å². The van der Waals surface area contributed by atoms with Gasteiger partial charge in [-0.2, -0.15) is 5.10 Å². The molecule has 0 saturated carbocycles. The minimum atomic E-state index is 0.0730. The van der Waals surface area contributed by atoms with Gasteiger partial charge in [-0.1, -0.05) is 48.1 Å². The second-order valence-electron chi connectivity index (χ2n) is 7.22. The van der Waals surface area contributed by atoms with Gasteiger partial charge in [0.25, 0.3) is 5.91 Å². The van der Waals surface area contributed by atoms with Gasteiger partial charge >= 0.3 is 0 Å². The van der Waals surface area contributed by atoms with Gasteiger partial charge < -0.3 is 9.80 Å². The molecular weight excluding hydrogens is 418 g/mol. The maximum absolute atomic E-state index is 12.7. The topological polar surface area (TPSA) is 60.8 Å². The van der Waals surface area contributed by atoms with Gasteiger partial charge in [-0.15, -0.1) is 0 Å². The van der Waals surface area contributed by atoms with E-state index < -0.39 is 0 Å². The van der Waals surface area contributed by atoms with E-state index in [2.05, 4.69) is 22.4 Å². The monoisotopic (exact) mass is 441 g/mol. The van der Waals surface area contributed by atoms with E-state index in [-0.39, 0.29) is 5.91 Å². The first-order valence-corrected chi connectivity index (χ1v) is 11.2. The zero-order valence-electron chi connectivity index (χ0n) is 17.1. The van der Waals surface area contributed by atoms with Crippen LogP contribution in [-0.2, 0) is 0 Å². The van der Waals surface area contributed by atoms with Gasteiger partial charge in [0.15, 0.2) is 0 Å². The van der Waals surface area contributed by atoms with Crippen molar-refractivity contribution in [1.82, 2.24) is 9.88 Å². The van der Waals surface area contributed by atoms with Gasteiger partial charge in [0.05, 0.1) is 15.4 Å². The molecule has 1 fully saturated rings. The van der Waals surface area contributed by atoms with Crippen LogP contribution in [0.5, 0.6) is 0 Å². The number of hydrogen-bond donors (Lipinski definition) is 1. The Morgan fingerprint density at radius 1 is 1.17 bits per heavy atom. The molecule has 1 aliphatic rings. The molecule has 3 aromatic rings. The van der Waals surface area contributed by atoms with Crippen LogP contribution in [0.15, 0.2) is 47.6 Å². The van der Waals surface area contributed by atoms with Crippen molar-refractivity contribution in [2.45, 2.75) is 20.3 Å². The van der Waals surface area contributed by atoms with Gasteiger partial charge in [-0.3, -0.25) is 10.2 Å². The van der Waals surface area contributed by atoms with Crippen molar-refractivity contribution < 1.29 is 4.79 Å². The molecular formula is C22H24ClN5OS. The standard InChI is InChI=1S/C22H24ClN5OS/c1-3-15(2)25-26-22-24-19-18(30-22)10-9-17(23)20(19)27-11-13-28(14-12-27)21(29)16-7-5-4-6-8-16/h4-10H,3,11-14H2,1-2H3,(H,24,26)/b25-15-. The summed E-state index contributed by atoms with van der Waals surface area (Å²) in [5.41, 5.74) is 6.61. The molecule has 8 heteroatoms. The third-order valence-electron chi connectivity index (χ3n) is 5.24. The Bertz CT molecular complexity index is 1070. The molecule has 0 aliphatic carbocycles. The highest BCUT2D eigenvalue weighted by Gasteiger charge is 2.25. The number of hydrazone groups is 1. The SMILES string of the molecule is CC/C(C)=N\Nc1nc2c(N3CCN(C(=O)c4ccccc4)CC3)c(Cl)ccc2s1. The van der Waals surface area contributed by atoms with Crippen LogP contribution >= 0.6 is 22.9 Å². The van der Waals surface area contributed by atoms with Crippen molar-refractivity contribution in [2.75, 3.05) is 36.5 Å². The Kier molecular flexibility index (Phi) is 6.20. The fourth-order valence-corrected chi connectivity index (χ4v) is 4.51. The summed E-state index contributed by atoms with van der Waals surface area (Å²) in [6.07, 6.45) is 0.890. The molecule has 156 valence electrons. The van der Waals surface area contributed by atoms with Crippen LogP contribution in [0.1, 0.15) is 30.6 Å². The third-order valence-corrected chi connectivity index (χ3v) is 6.47.